The van der Waals surface area contributed by atoms with Crippen LogP contribution < -0.4 is 9.86 Å². The molecule has 1 aromatic rings. The average molecular weight is 287 g/mol. The first kappa shape index (κ1) is 11.3. The van der Waals surface area contributed by atoms with Gasteiger partial charge >= 0.3 is 0 Å². The molecule has 8 heteroatoms. The monoisotopic (exact) mass is 286 g/mol. The second-order valence-corrected chi connectivity index (χ2v) is 4.54. The molecule has 0 aliphatic heterocycles. The van der Waals surface area contributed by atoms with Crippen LogP contribution in [-0.4, -0.2) is 8.42 Å². The number of anilines is 1. The molecule has 0 aromatic heterocycles. The Bertz CT molecular complexity index is 440. The third kappa shape index (κ3) is 2.89. The summed E-state index contributed by atoms with van der Waals surface area (Å²) in [5.41, 5.74) is -0.422. The second kappa shape index (κ2) is 3.79. The number of nitrogens with one attached hydrogen (secondary N) is 1. The summed E-state index contributed by atoms with van der Waals surface area (Å²) in [6.07, 6.45) is 0. The highest BCUT2D eigenvalue weighted by molar-refractivity contribution is 9.10. The number of benzene rings is 1. The highest BCUT2D eigenvalue weighted by Crippen LogP contribution is 2.27. The molecule has 0 saturated carbocycles. The molecule has 0 unspecified atom stereocenters. The van der Waals surface area contributed by atoms with Gasteiger partial charge in [-0.3, -0.25) is 4.72 Å². The van der Waals surface area contributed by atoms with Crippen LogP contribution in [0.2, 0.25) is 0 Å². The molecule has 0 atom stereocenters. The molecule has 78 valence electrons. The summed E-state index contributed by atoms with van der Waals surface area (Å²) in [6.45, 7) is 0. The van der Waals surface area contributed by atoms with Crippen LogP contribution in [0.3, 0.4) is 0 Å². The fourth-order valence-corrected chi connectivity index (χ4v) is 1.91. The lowest BCUT2D eigenvalue weighted by Gasteiger charge is -2.07. The molecular formula is C6H5BrF2N2O2S. The summed E-state index contributed by atoms with van der Waals surface area (Å²) in [4.78, 5) is 0. The first-order valence-electron chi connectivity index (χ1n) is 3.24. The lowest BCUT2D eigenvalue weighted by atomic mass is 10.3. The molecule has 0 bridgehead atoms. The highest BCUT2D eigenvalue weighted by atomic mass is 79.9. The zero-order valence-electron chi connectivity index (χ0n) is 6.59. The first-order valence-corrected chi connectivity index (χ1v) is 5.58. The standard InChI is InChI=1S/C6H5BrF2N2O2S/c7-4-1-3(8)2-5(9)6(4)11-14(10,12)13/h1-2,11H,(H2,10,12,13). The molecule has 1 aromatic carbocycles. The Morgan fingerprint density at radius 2 is 1.93 bits per heavy atom. The number of rotatable bonds is 2. The lowest BCUT2D eigenvalue weighted by molar-refractivity contribution is 0.582. The fourth-order valence-electron chi connectivity index (χ4n) is 0.782. The van der Waals surface area contributed by atoms with Gasteiger partial charge in [0.2, 0.25) is 0 Å². The van der Waals surface area contributed by atoms with Crippen LogP contribution in [0.25, 0.3) is 0 Å². The van der Waals surface area contributed by atoms with Gasteiger partial charge in [-0.05, 0) is 22.0 Å². The lowest BCUT2D eigenvalue weighted by Crippen LogP contribution is -2.22. The van der Waals surface area contributed by atoms with E-state index in [1.807, 2.05) is 0 Å². The van der Waals surface area contributed by atoms with Gasteiger partial charge in [0, 0.05) is 10.5 Å². The molecule has 1 rings (SSSR count). The highest BCUT2D eigenvalue weighted by Gasteiger charge is 2.13. The average Bonchev–Trinajstić information content (AvgIpc) is 1.95. The largest absolute Gasteiger partial charge is 0.296 e. The number of hydrogen-bond acceptors (Lipinski definition) is 2. The van der Waals surface area contributed by atoms with Crippen molar-refractivity contribution in [3.63, 3.8) is 0 Å². The van der Waals surface area contributed by atoms with Crippen molar-refractivity contribution in [2.75, 3.05) is 4.72 Å². The van der Waals surface area contributed by atoms with Gasteiger partial charge in [-0.15, -0.1) is 0 Å². The van der Waals surface area contributed by atoms with E-state index in [0.717, 1.165) is 6.07 Å². The van der Waals surface area contributed by atoms with Crippen molar-refractivity contribution >= 4 is 31.8 Å². The molecule has 0 aliphatic rings. The molecule has 0 aliphatic carbocycles. The normalized spacial score (nSPS) is 11.4. The molecule has 3 N–H and O–H groups in total. The Morgan fingerprint density at radius 3 is 2.36 bits per heavy atom. The van der Waals surface area contributed by atoms with Crippen LogP contribution in [0.1, 0.15) is 0 Å². The molecule has 0 heterocycles. The van der Waals surface area contributed by atoms with Gasteiger partial charge in [0.15, 0.2) is 5.82 Å². The van der Waals surface area contributed by atoms with Crippen molar-refractivity contribution < 1.29 is 17.2 Å². The van der Waals surface area contributed by atoms with Gasteiger partial charge in [0.05, 0.1) is 5.69 Å². The Hall–Kier alpha value is -0.730. The van der Waals surface area contributed by atoms with Crippen LogP contribution >= 0.6 is 15.9 Å². The van der Waals surface area contributed by atoms with Gasteiger partial charge in [-0.25, -0.2) is 13.9 Å². The van der Waals surface area contributed by atoms with Gasteiger partial charge in [-0.1, -0.05) is 0 Å². The van der Waals surface area contributed by atoms with Gasteiger partial charge in [0.25, 0.3) is 10.2 Å². The summed E-state index contributed by atoms with van der Waals surface area (Å²) < 4.78 is 48.3. The van der Waals surface area contributed by atoms with E-state index in [1.54, 1.807) is 4.72 Å². The number of hydrogen-bond donors (Lipinski definition) is 2. The van der Waals surface area contributed by atoms with Gasteiger partial charge < -0.3 is 0 Å². The maximum Gasteiger partial charge on any atom is 0.296 e. The van der Waals surface area contributed by atoms with E-state index in [2.05, 4.69) is 21.1 Å². The minimum absolute atomic E-state index is 0.0657. The van der Waals surface area contributed by atoms with E-state index in [4.69, 9.17) is 0 Å². The number of halogens is 3. The Balaban J connectivity index is 3.22. The summed E-state index contributed by atoms with van der Waals surface area (Å²) in [5.74, 6) is -1.87. The predicted octanol–water partition coefficient (Wildman–Crippen LogP) is 1.34. The molecule has 4 nitrogen and oxygen atoms in total. The molecule has 0 saturated heterocycles. The van der Waals surface area contributed by atoms with Crippen molar-refractivity contribution in [2.45, 2.75) is 0 Å². The summed E-state index contributed by atoms with van der Waals surface area (Å²) in [5, 5.41) is 4.62. The van der Waals surface area contributed by atoms with Crippen molar-refractivity contribution in [2.24, 2.45) is 5.14 Å². The predicted molar refractivity (Wildman–Crippen MR) is 50.8 cm³/mol. The Kier molecular flexibility index (Phi) is 3.07. The summed E-state index contributed by atoms with van der Waals surface area (Å²) >= 11 is 2.79. The third-order valence-electron chi connectivity index (χ3n) is 1.25. The van der Waals surface area contributed by atoms with Gasteiger partial charge in [0.1, 0.15) is 5.82 Å². The van der Waals surface area contributed by atoms with Crippen molar-refractivity contribution in [1.29, 1.82) is 0 Å². The molecule has 0 radical (unpaired) electrons. The zero-order valence-corrected chi connectivity index (χ0v) is 8.99. The van der Waals surface area contributed by atoms with E-state index in [0.29, 0.717) is 6.07 Å². The van der Waals surface area contributed by atoms with Crippen molar-refractivity contribution in [3.8, 4) is 0 Å². The quantitative estimate of drug-likeness (QED) is 0.861. The molecule has 14 heavy (non-hydrogen) atoms. The van der Waals surface area contributed by atoms with E-state index in [-0.39, 0.29) is 4.47 Å². The van der Waals surface area contributed by atoms with Crippen LogP contribution in [0.15, 0.2) is 16.6 Å². The third-order valence-corrected chi connectivity index (χ3v) is 2.37. The minimum Gasteiger partial charge on any atom is -0.267 e. The molecular weight excluding hydrogens is 282 g/mol. The SMILES string of the molecule is NS(=O)(=O)Nc1c(F)cc(F)cc1Br. The number of nitrogens with two attached hydrogens (primary N) is 1. The summed E-state index contributed by atoms with van der Waals surface area (Å²) in [7, 11) is -4.08. The van der Waals surface area contributed by atoms with E-state index < -0.39 is 27.5 Å². The van der Waals surface area contributed by atoms with Crippen LogP contribution in [0.5, 0.6) is 0 Å². The smallest absolute Gasteiger partial charge is 0.267 e. The molecule has 0 amide bonds. The molecule has 0 spiro atoms. The Morgan fingerprint density at radius 1 is 1.36 bits per heavy atom. The van der Waals surface area contributed by atoms with Crippen molar-refractivity contribution in [3.05, 3.63) is 28.2 Å². The van der Waals surface area contributed by atoms with Crippen molar-refractivity contribution in [1.82, 2.24) is 0 Å². The Labute approximate surface area is 87.4 Å². The van der Waals surface area contributed by atoms with E-state index in [1.165, 1.54) is 0 Å². The minimum atomic E-state index is -4.08. The maximum atomic E-state index is 13.0. The van der Waals surface area contributed by atoms with E-state index >= 15 is 0 Å². The topological polar surface area (TPSA) is 72.2 Å². The van der Waals surface area contributed by atoms with Gasteiger partial charge in [-0.2, -0.15) is 8.42 Å². The zero-order chi connectivity index (χ0) is 10.9. The van der Waals surface area contributed by atoms with E-state index in [9.17, 15) is 17.2 Å². The fraction of sp³-hybridized carbons (Fsp3) is 0. The van der Waals surface area contributed by atoms with Crippen LogP contribution in [-0.2, 0) is 10.2 Å². The molecule has 0 fully saturated rings. The maximum absolute atomic E-state index is 13.0. The first-order chi connectivity index (χ1) is 6.29. The van der Waals surface area contributed by atoms with Crippen LogP contribution in [0.4, 0.5) is 14.5 Å². The van der Waals surface area contributed by atoms with Crippen LogP contribution in [0, 0.1) is 11.6 Å². The second-order valence-electron chi connectivity index (χ2n) is 2.39. The summed E-state index contributed by atoms with van der Waals surface area (Å²) in [6, 6.07) is 1.45.